The number of nitrogens with one attached hydrogen (secondary N) is 1. The molecule has 0 radical (unpaired) electrons. The number of carbonyl (C=O) groups excluding carboxylic acids is 4. The first-order valence-electron chi connectivity index (χ1n) is 34.0. The van der Waals surface area contributed by atoms with E-state index in [2.05, 4.69) is 19.2 Å². The van der Waals surface area contributed by atoms with Gasteiger partial charge in [-0.05, 0) is 121 Å². The topological polar surface area (TPSA) is 182 Å². The highest BCUT2D eigenvalue weighted by Gasteiger charge is 2.57. The Labute approximate surface area is 541 Å². The van der Waals surface area contributed by atoms with E-state index in [0.29, 0.717) is 23.5 Å². The Morgan fingerprint density at radius 2 is 1.04 bits per heavy atom. The highest BCUT2D eigenvalue weighted by atomic mass is 16.8. The van der Waals surface area contributed by atoms with Crippen LogP contribution in [0.25, 0.3) is 0 Å². The van der Waals surface area contributed by atoms with Gasteiger partial charge in [-0.15, -0.1) is 0 Å². The molecule has 0 bridgehead atoms. The third kappa shape index (κ3) is 32.1. The van der Waals surface area contributed by atoms with Crippen LogP contribution in [0.4, 0.5) is 9.59 Å². The number of ether oxygens (including phenoxy) is 11. The van der Waals surface area contributed by atoms with Crippen LogP contribution in [-0.2, 0) is 60.6 Å². The van der Waals surface area contributed by atoms with Gasteiger partial charge in [-0.2, -0.15) is 0 Å². The van der Waals surface area contributed by atoms with Crippen LogP contribution in [0, 0.1) is 0 Å². The van der Waals surface area contributed by atoms with Crippen molar-refractivity contribution in [2.75, 3.05) is 27.4 Å². The lowest BCUT2D eigenvalue weighted by Crippen LogP contribution is -2.68. The molecule has 3 aromatic carbocycles. The van der Waals surface area contributed by atoms with Crippen LogP contribution < -0.4 is 14.8 Å². The van der Waals surface area contributed by atoms with Gasteiger partial charge >= 0.3 is 18.3 Å². The predicted octanol–water partition coefficient (Wildman–Crippen LogP) is 18.0. The standard InChI is InChI=1S/C74H115NO15/c1-12-14-16-18-20-22-24-26-28-30-32-34-39-43-63(86-69(77)59-41-37-36-38-42-59)62(75-65(76)44-40-35-33-31-29-27-25-23-21-19-17-15-13-2)55-85-74(9)68(83-54-58-47-51-61(81-11)52-48-58)67(82-53-57-45-49-60(80-10)50-46-57)66(87-71(79)90-73(6,7)8)64(88-74)56-84-70(78)89-72(3,4)5/h36-39,41-43,45-52,62-64,66-68H,12-35,40,44,53-56H2,1-11H3,(H,75,76)/b43-39+/t62-,63+,64+,66-,67-,68+,74-/m0/s1. The molecule has 506 valence electrons. The van der Waals surface area contributed by atoms with Gasteiger partial charge in [0.1, 0.15) is 53.7 Å². The summed E-state index contributed by atoms with van der Waals surface area (Å²) in [6.45, 7) is 15.6. The van der Waals surface area contributed by atoms with Crippen molar-refractivity contribution < 1.29 is 71.3 Å². The van der Waals surface area contributed by atoms with Crippen molar-refractivity contribution in [1.29, 1.82) is 0 Å². The van der Waals surface area contributed by atoms with Crippen molar-refractivity contribution in [3.63, 3.8) is 0 Å². The fourth-order valence-corrected chi connectivity index (χ4v) is 10.8. The van der Waals surface area contributed by atoms with Crippen LogP contribution >= 0.6 is 0 Å². The van der Waals surface area contributed by atoms with Gasteiger partial charge in [0.2, 0.25) is 5.91 Å². The Bertz CT molecular complexity index is 2440. The van der Waals surface area contributed by atoms with Gasteiger partial charge in [0.25, 0.3) is 0 Å². The van der Waals surface area contributed by atoms with E-state index in [9.17, 15) is 19.2 Å². The summed E-state index contributed by atoms with van der Waals surface area (Å²) in [6.07, 6.45) is 25.2. The molecule has 0 aromatic heterocycles. The monoisotopic (exact) mass is 1260 g/mol. The van der Waals surface area contributed by atoms with E-state index in [0.717, 1.165) is 56.1 Å². The second-order valence-electron chi connectivity index (χ2n) is 26.2. The van der Waals surface area contributed by atoms with Gasteiger partial charge in [0.15, 0.2) is 11.9 Å². The first kappa shape index (κ1) is 76.8. The molecule has 1 fully saturated rings. The molecule has 1 saturated heterocycles. The lowest BCUT2D eigenvalue weighted by atomic mass is 9.92. The largest absolute Gasteiger partial charge is 0.509 e. The van der Waals surface area contributed by atoms with Gasteiger partial charge in [-0.3, -0.25) is 4.79 Å². The number of hydrogen-bond acceptors (Lipinski definition) is 15. The van der Waals surface area contributed by atoms with Gasteiger partial charge < -0.3 is 57.4 Å². The summed E-state index contributed by atoms with van der Waals surface area (Å²) < 4.78 is 68.6. The van der Waals surface area contributed by atoms with Gasteiger partial charge in [-0.25, -0.2) is 14.4 Å². The number of methoxy groups -OCH3 is 2. The molecule has 16 nitrogen and oxygen atoms in total. The zero-order valence-corrected chi connectivity index (χ0v) is 57.0. The average molecular weight is 1260 g/mol. The second-order valence-corrected chi connectivity index (χ2v) is 26.2. The fraction of sp³-hybridized carbons (Fsp3) is 0.676. The van der Waals surface area contributed by atoms with E-state index in [1.165, 1.54) is 109 Å². The molecule has 0 saturated carbocycles. The van der Waals surface area contributed by atoms with Gasteiger partial charge in [0, 0.05) is 6.42 Å². The van der Waals surface area contributed by atoms with E-state index in [1.807, 2.05) is 54.6 Å². The van der Waals surface area contributed by atoms with Crippen molar-refractivity contribution in [3.05, 3.63) is 108 Å². The summed E-state index contributed by atoms with van der Waals surface area (Å²) in [5.41, 5.74) is -0.0429. The predicted molar refractivity (Wildman–Crippen MR) is 354 cm³/mol. The quantitative estimate of drug-likeness (QED) is 0.0244. The molecular formula is C74H115NO15. The third-order valence-electron chi connectivity index (χ3n) is 15.8. The van der Waals surface area contributed by atoms with Crippen molar-refractivity contribution in [3.8, 4) is 11.5 Å². The number of carbonyl (C=O) groups is 4. The zero-order chi connectivity index (χ0) is 65.5. The van der Waals surface area contributed by atoms with Crippen molar-refractivity contribution in [2.45, 2.75) is 296 Å². The number of allylic oxidation sites excluding steroid dienone is 1. The van der Waals surface area contributed by atoms with Gasteiger partial charge in [0.05, 0.1) is 45.6 Å². The summed E-state index contributed by atoms with van der Waals surface area (Å²) in [5, 5.41) is 3.24. The molecule has 1 amide bonds. The van der Waals surface area contributed by atoms with Crippen LogP contribution in [0.15, 0.2) is 91.0 Å². The maximum atomic E-state index is 14.4. The number of amides is 1. The highest BCUT2D eigenvalue weighted by Crippen LogP contribution is 2.39. The molecule has 3 aromatic rings. The van der Waals surface area contributed by atoms with Crippen molar-refractivity contribution >= 4 is 24.2 Å². The van der Waals surface area contributed by atoms with Gasteiger partial charge in [-0.1, -0.05) is 204 Å². The highest BCUT2D eigenvalue weighted by molar-refractivity contribution is 5.89. The van der Waals surface area contributed by atoms with Crippen molar-refractivity contribution in [2.24, 2.45) is 0 Å². The molecule has 90 heavy (non-hydrogen) atoms. The minimum atomic E-state index is -1.86. The molecule has 7 atom stereocenters. The molecule has 1 aliphatic rings. The minimum absolute atomic E-state index is 0.0179. The summed E-state index contributed by atoms with van der Waals surface area (Å²) in [4.78, 5) is 56.0. The summed E-state index contributed by atoms with van der Waals surface area (Å²) in [5.74, 6) is -1.39. The summed E-state index contributed by atoms with van der Waals surface area (Å²) in [7, 11) is 3.17. The molecular weight excluding hydrogens is 1140 g/mol. The maximum absolute atomic E-state index is 14.4. The second kappa shape index (κ2) is 43.2. The Morgan fingerprint density at radius 3 is 1.53 bits per heavy atom. The Morgan fingerprint density at radius 1 is 0.578 bits per heavy atom. The smallest absolute Gasteiger partial charge is 0.497 e. The SMILES string of the molecule is CCCCCCCCCCCCC/C=C/[C@@H](OC(=O)c1ccccc1)[C@H](CO[C@@]1(C)O[C@H](COC(=O)OC(C)(C)C)[C@H](OC(=O)OC(C)(C)C)[C@H](OCc2ccc(OC)cc2)[C@H]1OCc1ccc(OC)cc1)NC(=O)CCCCCCCCCCCCCCC. The first-order valence-corrected chi connectivity index (χ1v) is 34.0. The third-order valence-corrected chi connectivity index (χ3v) is 15.8. The Balaban J connectivity index is 1.76. The van der Waals surface area contributed by atoms with E-state index in [-0.39, 0.29) is 32.1 Å². The van der Waals surface area contributed by atoms with Crippen LogP contribution in [0.1, 0.15) is 251 Å². The Kier molecular flexibility index (Phi) is 36.9. The van der Waals surface area contributed by atoms with E-state index >= 15 is 0 Å². The van der Waals surface area contributed by atoms with Crippen molar-refractivity contribution in [1.82, 2.24) is 5.32 Å². The number of hydrogen-bond donors (Lipinski definition) is 1. The molecule has 0 spiro atoms. The fourth-order valence-electron chi connectivity index (χ4n) is 10.8. The van der Waals surface area contributed by atoms with E-state index in [1.54, 1.807) is 99.1 Å². The lowest BCUT2D eigenvalue weighted by Gasteiger charge is -2.50. The molecule has 1 aliphatic heterocycles. The Hall–Kier alpha value is -5.68. The average Bonchev–Trinajstić information content (AvgIpc) is 0.771. The van der Waals surface area contributed by atoms with Crippen LogP contribution in [0.2, 0.25) is 0 Å². The number of unbranched alkanes of at least 4 members (excludes halogenated alkanes) is 23. The molecule has 0 aliphatic carbocycles. The first-order chi connectivity index (χ1) is 43.3. The lowest BCUT2D eigenvalue weighted by molar-refractivity contribution is -0.372. The molecule has 1 heterocycles. The van der Waals surface area contributed by atoms with E-state index < -0.39 is 78.4 Å². The van der Waals surface area contributed by atoms with Crippen LogP contribution in [0.5, 0.6) is 11.5 Å². The number of esters is 1. The number of benzene rings is 3. The summed E-state index contributed by atoms with van der Waals surface area (Å²) >= 11 is 0. The zero-order valence-electron chi connectivity index (χ0n) is 57.0. The van der Waals surface area contributed by atoms with E-state index in [4.69, 9.17) is 52.1 Å². The minimum Gasteiger partial charge on any atom is -0.497 e. The molecule has 0 unspecified atom stereocenters. The molecule has 16 heteroatoms. The van der Waals surface area contributed by atoms with Crippen LogP contribution in [-0.4, -0.2) is 105 Å². The molecule has 4 rings (SSSR count). The normalized spacial score (nSPS) is 18.3. The number of rotatable bonds is 45. The molecule has 1 N–H and O–H groups in total. The van der Waals surface area contributed by atoms with Crippen LogP contribution in [0.3, 0.4) is 0 Å². The summed E-state index contributed by atoms with van der Waals surface area (Å²) in [6, 6.07) is 22.4. The maximum Gasteiger partial charge on any atom is 0.509 e.